The predicted molar refractivity (Wildman–Crippen MR) is 80.2 cm³/mol. The summed E-state index contributed by atoms with van der Waals surface area (Å²) < 4.78 is 13.1. The minimum atomic E-state index is 0.394. The Labute approximate surface area is 127 Å². The molecule has 0 aliphatic heterocycles. The van der Waals surface area contributed by atoms with Gasteiger partial charge in [-0.3, -0.25) is 4.68 Å². The van der Waals surface area contributed by atoms with E-state index in [0.29, 0.717) is 13.2 Å². The molecule has 0 spiro atoms. The van der Waals surface area contributed by atoms with Crippen LogP contribution in [0, 0.1) is 0 Å². The van der Waals surface area contributed by atoms with Crippen LogP contribution in [0.5, 0.6) is 11.5 Å². The van der Waals surface area contributed by atoms with Crippen LogP contribution in [-0.2, 0) is 19.0 Å². The van der Waals surface area contributed by atoms with Gasteiger partial charge in [-0.15, -0.1) is 5.10 Å². The van der Waals surface area contributed by atoms with Crippen molar-refractivity contribution >= 4 is 15.9 Å². The number of benzene rings is 1. The third-order valence-electron chi connectivity index (χ3n) is 2.68. The van der Waals surface area contributed by atoms with Crippen LogP contribution in [0.25, 0.3) is 0 Å². The Morgan fingerprint density at radius 1 is 1.30 bits per heavy atom. The van der Waals surface area contributed by atoms with E-state index in [1.54, 1.807) is 4.68 Å². The third-order valence-corrected chi connectivity index (χ3v) is 3.29. The van der Waals surface area contributed by atoms with Crippen molar-refractivity contribution in [1.82, 2.24) is 15.0 Å². The predicted octanol–water partition coefficient (Wildman–Crippen LogP) is 3.08. The van der Waals surface area contributed by atoms with Crippen LogP contribution in [0.1, 0.15) is 24.6 Å². The van der Waals surface area contributed by atoms with Gasteiger partial charge in [-0.25, -0.2) is 0 Å². The molecule has 0 radical (unpaired) electrons. The van der Waals surface area contributed by atoms with Gasteiger partial charge in [0.2, 0.25) is 0 Å². The lowest BCUT2D eigenvalue weighted by Crippen LogP contribution is -2.00. The molecule has 1 aromatic heterocycles. The number of aromatic nitrogens is 3. The van der Waals surface area contributed by atoms with E-state index in [-0.39, 0.29) is 0 Å². The fraction of sp³-hybridized carbons (Fsp3) is 0.429. The van der Waals surface area contributed by atoms with E-state index in [4.69, 9.17) is 9.47 Å². The molecule has 0 atom stereocenters. The molecule has 0 saturated carbocycles. The molecule has 1 aromatic carbocycles. The largest absolute Gasteiger partial charge is 0.493 e. The fourth-order valence-corrected chi connectivity index (χ4v) is 2.17. The minimum Gasteiger partial charge on any atom is -0.493 e. The second-order valence-electron chi connectivity index (χ2n) is 4.42. The summed E-state index contributed by atoms with van der Waals surface area (Å²) in [7, 11) is 1.83. The molecule has 108 valence electrons. The molecule has 0 aliphatic carbocycles. The molecule has 0 bridgehead atoms. The van der Waals surface area contributed by atoms with Gasteiger partial charge in [0.1, 0.15) is 23.8 Å². The molecule has 1 heterocycles. The van der Waals surface area contributed by atoms with Crippen molar-refractivity contribution in [2.24, 2.45) is 7.05 Å². The second kappa shape index (κ2) is 7.28. The number of hydrogen-bond donors (Lipinski definition) is 0. The third kappa shape index (κ3) is 3.96. The normalized spacial score (nSPS) is 10.6. The summed E-state index contributed by atoms with van der Waals surface area (Å²) in [5.41, 5.74) is 1.88. The Morgan fingerprint density at radius 3 is 2.80 bits per heavy atom. The first-order valence-electron chi connectivity index (χ1n) is 6.52. The average Bonchev–Trinajstić information content (AvgIpc) is 2.88. The van der Waals surface area contributed by atoms with E-state index < -0.39 is 0 Å². The van der Waals surface area contributed by atoms with E-state index >= 15 is 0 Å². The smallest absolute Gasteiger partial charge is 0.134 e. The maximum absolute atomic E-state index is 5.82. The van der Waals surface area contributed by atoms with Gasteiger partial charge in [-0.1, -0.05) is 34.1 Å². The zero-order valence-electron chi connectivity index (χ0n) is 11.7. The van der Waals surface area contributed by atoms with E-state index in [9.17, 15) is 0 Å². The van der Waals surface area contributed by atoms with Gasteiger partial charge < -0.3 is 9.47 Å². The van der Waals surface area contributed by atoms with Crippen molar-refractivity contribution in [2.45, 2.75) is 25.3 Å². The van der Waals surface area contributed by atoms with Gasteiger partial charge in [0.15, 0.2) is 0 Å². The molecule has 0 unspecified atom stereocenters. The van der Waals surface area contributed by atoms with Crippen LogP contribution in [0.3, 0.4) is 0 Å². The summed E-state index contributed by atoms with van der Waals surface area (Å²) in [6.07, 6.45) is 2.82. The lowest BCUT2D eigenvalue weighted by molar-refractivity contribution is 0.289. The molecule has 0 amide bonds. The molecule has 0 N–H and O–H groups in total. The highest BCUT2D eigenvalue weighted by atomic mass is 79.9. The Hall–Kier alpha value is -1.56. The lowest BCUT2D eigenvalue weighted by Gasteiger charge is -2.11. The van der Waals surface area contributed by atoms with Gasteiger partial charge in [0.05, 0.1) is 12.8 Å². The molecular weight excluding hydrogens is 322 g/mol. The van der Waals surface area contributed by atoms with Crippen molar-refractivity contribution in [3.05, 3.63) is 35.7 Å². The summed E-state index contributed by atoms with van der Waals surface area (Å²) in [5.74, 6) is 1.63. The molecule has 5 nitrogen and oxygen atoms in total. The number of hydrogen-bond acceptors (Lipinski definition) is 4. The molecule has 0 saturated heterocycles. The zero-order chi connectivity index (χ0) is 14.4. The van der Waals surface area contributed by atoms with Gasteiger partial charge in [-0.05, 0) is 12.5 Å². The number of halogens is 1. The summed E-state index contributed by atoms with van der Waals surface area (Å²) in [4.78, 5) is 0. The summed E-state index contributed by atoms with van der Waals surface area (Å²) in [6, 6.07) is 5.88. The van der Waals surface area contributed by atoms with E-state index in [1.165, 1.54) is 0 Å². The molecule has 6 heteroatoms. The van der Waals surface area contributed by atoms with Crippen LogP contribution in [0.15, 0.2) is 24.4 Å². The van der Waals surface area contributed by atoms with Gasteiger partial charge in [-0.2, -0.15) is 0 Å². The molecule has 0 fully saturated rings. The topological polar surface area (TPSA) is 49.2 Å². The monoisotopic (exact) mass is 339 g/mol. The maximum atomic E-state index is 5.82. The van der Waals surface area contributed by atoms with E-state index in [0.717, 1.165) is 34.5 Å². The standard InChI is InChI=1S/C14H18BrN3O2/c1-3-6-19-13-5-4-11(8-15)14(7-13)20-10-12-9-18(2)17-16-12/h4-5,7,9H,3,6,8,10H2,1-2H3. The first kappa shape index (κ1) is 14.8. The van der Waals surface area contributed by atoms with Crippen molar-refractivity contribution in [3.8, 4) is 11.5 Å². The lowest BCUT2D eigenvalue weighted by atomic mass is 10.2. The molecular formula is C14H18BrN3O2. The Bertz CT molecular complexity index is 557. The average molecular weight is 340 g/mol. The van der Waals surface area contributed by atoms with Gasteiger partial charge >= 0.3 is 0 Å². The minimum absolute atomic E-state index is 0.394. The molecule has 0 aliphatic rings. The Kier molecular flexibility index (Phi) is 5.40. The highest BCUT2D eigenvalue weighted by Crippen LogP contribution is 2.27. The highest BCUT2D eigenvalue weighted by molar-refractivity contribution is 9.08. The second-order valence-corrected chi connectivity index (χ2v) is 4.98. The number of nitrogens with zero attached hydrogens (tertiary/aromatic N) is 3. The molecule has 20 heavy (non-hydrogen) atoms. The molecule has 2 rings (SSSR count). The van der Waals surface area contributed by atoms with Crippen LogP contribution in [0.2, 0.25) is 0 Å². The van der Waals surface area contributed by atoms with Crippen LogP contribution < -0.4 is 9.47 Å². The van der Waals surface area contributed by atoms with Crippen LogP contribution in [-0.4, -0.2) is 21.6 Å². The van der Waals surface area contributed by atoms with Crippen LogP contribution in [0.4, 0.5) is 0 Å². The fourth-order valence-electron chi connectivity index (χ4n) is 1.70. The van der Waals surface area contributed by atoms with Crippen molar-refractivity contribution in [3.63, 3.8) is 0 Å². The van der Waals surface area contributed by atoms with Crippen molar-refractivity contribution in [2.75, 3.05) is 6.61 Å². The highest BCUT2D eigenvalue weighted by Gasteiger charge is 2.07. The Balaban J connectivity index is 2.07. The number of aryl methyl sites for hydroxylation is 1. The Morgan fingerprint density at radius 2 is 2.15 bits per heavy atom. The van der Waals surface area contributed by atoms with Crippen LogP contribution >= 0.6 is 15.9 Å². The summed E-state index contributed by atoms with van der Waals surface area (Å²) >= 11 is 3.46. The van der Waals surface area contributed by atoms with E-state index in [1.807, 2.05) is 31.4 Å². The summed E-state index contributed by atoms with van der Waals surface area (Å²) in [6.45, 7) is 3.18. The zero-order valence-corrected chi connectivity index (χ0v) is 13.3. The van der Waals surface area contributed by atoms with E-state index in [2.05, 4.69) is 33.2 Å². The van der Waals surface area contributed by atoms with Gasteiger partial charge in [0, 0.05) is 24.0 Å². The molecule has 2 aromatic rings. The summed E-state index contributed by atoms with van der Waals surface area (Å²) in [5, 5.41) is 8.62. The first-order valence-corrected chi connectivity index (χ1v) is 7.64. The maximum Gasteiger partial charge on any atom is 0.134 e. The van der Waals surface area contributed by atoms with Gasteiger partial charge in [0.25, 0.3) is 0 Å². The first-order chi connectivity index (χ1) is 9.72. The van der Waals surface area contributed by atoms with Crippen molar-refractivity contribution < 1.29 is 9.47 Å². The van der Waals surface area contributed by atoms with Crippen molar-refractivity contribution in [1.29, 1.82) is 0 Å². The quantitative estimate of drug-likeness (QED) is 0.727. The SMILES string of the molecule is CCCOc1ccc(CBr)c(OCc2cn(C)nn2)c1. The number of ether oxygens (including phenoxy) is 2. The number of rotatable bonds is 7. The number of alkyl halides is 1.